The fourth-order valence-corrected chi connectivity index (χ4v) is 1.64. The zero-order valence-corrected chi connectivity index (χ0v) is 11.5. The van der Waals surface area contributed by atoms with Gasteiger partial charge in [0, 0.05) is 17.1 Å². The van der Waals surface area contributed by atoms with Gasteiger partial charge < -0.3 is 25.6 Å². The number of benzene rings is 1. The van der Waals surface area contributed by atoms with E-state index >= 15 is 0 Å². The summed E-state index contributed by atoms with van der Waals surface area (Å²) in [6, 6.07) is 4.46. The summed E-state index contributed by atoms with van der Waals surface area (Å²) in [7, 11) is 1.48. The van der Waals surface area contributed by atoms with E-state index in [9.17, 15) is 9.59 Å². The summed E-state index contributed by atoms with van der Waals surface area (Å²) >= 11 is 5.99. The van der Waals surface area contributed by atoms with Gasteiger partial charge in [0.25, 0.3) is 0 Å². The summed E-state index contributed by atoms with van der Waals surface area (Å²) in [5.74, 6) is -0.874. The number of carbonyl (C=O) groups is 2. The lowest BCUT2D eigenvalue weighted by Gasteiger charge is -2.12. The number of carboxylic acids is 1. The van der Waals surface area contributed by atoms with Crippen molar-refractivity contribution in [1.29, 1.82) is 0 Å². The largest absolute Gasteiger partial charge is 0.496 e. The van der Waals surface area contributed by atoms with Gasteiger partial charge in [-0.25, -0.2) is 9.59 Å². The quantitative estimate of drug-likeness (QED) is 0.615. The van der Waals surface area contributed by atoms with Crippen molar-refractivity contribution in [2.75, 3.05) is 13.7 Å². The number of ether oxygens (including phenoxy) is 1. The summed E-state index contributed by atoms with van der Waals surface area (Å²) in [4.78, 5) is 21.8. The fourth-order valence-electron chi connectivity index (χ4n) is 1.41. The Hall–Kier alpha value is -1.99. The Bertz CT molecular complexity index is 495. The van der Waals surface area contributed by atoms with E-state index in [-0.39, 0.29) is 13.1 Å². The smallest absolute Gasteiger partial charge is 0.334 e. The summed E-state index contributed by atoms with van der Waals surface area (Å²) in [6.45, 7) is -0.279. The number of urea groups is 1. The van der Waals surface area contributed by atoms with E-state index in [2.05, 4.69) is 10.6 Å². The molecular formula is C12H15ClN2O5. The maximum absolute atomic E-state index is 11.4. The van der Waals surface area contributed by atoms with Crippen LogP contribution in [0.15, 0.2) is 18.2 Å². The molecule has 110 valence electrons. The highest BCUT2D eigenvalue weighted by Gasteiger charge is 2.14. The van der Waals surface area contributed by atoms with Crippen LogP contribution in [0.4, 0.5) is 4.79 Å². The monoisotopic (exact) mass is 302 g/mol. The van der Waals surface area contributed by atoms with Crippen LogP contribution in [0.2, 0.25) is 5.02 Å². The van der Waals surface area contributed by atoms with Gasteiger partial charge in [-0.2, -0.15) is 0 Å². The highest BCUT2D eigenvalue weighted by atomic mass is 35.5. The molecule has 0 aromatic heterocycles. The highest BCUT2D eigenvalue weighted by molar-refractivity contribution is 6.31. The first-order chi connectivity index (χ1) is 9.45. The molecule has 4 N–H and O–H groups in total. The summed E-state index contributed by atoms with van der Waals surface area (Å²) in [6.07, 6.45) is -1.64. The Morgan fingerprint density at radius 3 is 2.70 bits per heavy atom. The number of aliphatic carboxylic acids is 1. The van der Waals surface area contributed by atoms with Crippen LogP contribution in [0.3, 0.4) is 0 Å². The van der Waals surface area contributed by atoms with Gasteiger partial charge in [-0.3, -0.25) is 0 Å². The molecule has 1 unspecified atom stereocenters. The fraction of sp³-hybridized carbons (Fsp3) is 0.333. The number of rotatable bonds is 6. The normalized spacial score (nSPS) is 11.6. The van der Waals surface area contributed by atoms with Gasteiger partial charge in [0.1, 0.15) is 5.75 Å². The van der Waals surface area contributed by atoms with Crippen molar-refractivity contribution in [2.45, 2.75) is 12.6 Å². The number of aliphatic hydroxyl groups is 1. The van der Waals surface area contributed by atoms with Crippen LogP contribution in [0.25, 0.3) is 0 Å². The van der Waals surface area contributed by atoms with Crippen molar-refractivity contribution >= 4 is 23.6 Å². The molecule has 7 nitrogen and oxygen atoms in total. The zero-order valence-electron chi connectivity index (χ0n) is 10.7. The van der Waals surface area contributed by atoms with Crippen LogP contribution in [0, 0.1) is 0 Å². The average Bonchev–Trinajstić information content (AvgIpc) is 2.42. The molecule has 1 aromatic rings. The van der Waals surface area contributed by atoms with Gasteiger partial charge in [-0.05, 0) is 12.1 Å². The molecule has 20 heavy (non-hydrogen) atoms. The summed E-state index contributed by atoms with van der Waals surface area (Å²) < 4.78 is 5.11. The van der Waals surface area contributed by atoms with Crippen LogP contribution >= 0.6 is 11.6 Å². The van der Waals surface area contributed by atoms with Crippen molar-refractivity contribution in [2.24, 2.45) is 0 Å². The highest BCUT2D eigenvalue weighted by Crippen LogP contribution is 2.25. The maximum Gasteiger partial charge on any atom is 0.334 e. The topological polar surface area (TPSA) is 108 Å². The number of hydrogen-bond donors (Lipinski definition) is 4. The molecule has 1 atom stereocenters. The number of halogens is 1. The Labute approximate surface area is 120 Å². The molecule has 8 heteroatoms. The number of aliphatic hydroxyl groups excluding tert-OH is 1. The molecule has 0 saturated heterocycles. The van der Waals surface area contributed by atoms with E-state index in [0.717, 1.165) is 0 Å². The molecule has 0 aliphatic heterocycles. The van der Waals surface area contributed by atoms with Crippen LogP contribution in [0.1, 0.15) is 5.56 Å². The van der Waals surface area contributed by atoms with E-state index in [0.29, 0.717) is 16.3 Å². The SMILES string of the molecule is COc1cccc(Cl)c1CNC(=O)NCC(O)C(=O)O. The van der Waals surface area contributed by atoms with Gasteiger partial charge in [-0.1, -0.05) is 17.7 Å². The van der Waals surface area contributed by atoms with Crippen molar-refractivity contribution in [1.82, 2.24) is 10.6 Å². The van der Waals surface area contributed by atoms with Gasteiger partial charge >= 0.3 is 12.0 Å². The minimum Gasteiger partial charge on any atom is -0.496 e. The van der Waals surface area contributed by atoms with E-state index in [4.69, 9.17) is 26.6 Å². The number of hydrogen-bond acceptors (Lipinski definition) is 4. The third-order valence-electron chi connectivity index (χ3n) is 2.46. The van der Waals surface area contributed by atoms with Gasteiger partial charge in [0.05, 0.1) is 13.7 Å². The van der Waals surface area contributed by atoms with Crippen LogP contribution in [-0.4, -0.2) is 42.0 Å². The molecule has 0 spiro atoms. The standard InChI is InChI=1S/C12H15ClN2O5/c1-20-10-4-2-3-8(13)7(10)5-14-12(19)15-6-9(16)11(17)18/h2-4,9,16H,5-6H2,1H3,(H,17,18)(H2,14,15,19). The summed E-state index contributed by atoms with van der Waals surface area (Å²) in [5, 5.41) is 22.6. The number of nitrogens with one attached hydrogen (secondary N) is 2. The van der Waals surface area contributed by atoms with Crippen molar-refractivity contribution in [3.05, 3.63) is 28.8 Å². The summed E-state index contributed by atoms with van der Waals surface area (Å²) in [5.41, 5.74) is 0.602. The van der Waals surface area contributed by atoms with E-state index in [1.54, 1.807) is 18.2 Å². The Balaban J connectivity index is 2.51. The average molecular weight is 303 g/mol. The minimum atomic E-state index is -1.64. The molecule has 0 radical (unpaired) electrons. The predicted octanol–water partition coefficient (Wildman–Crippen LogP) is 0.593. The van der Waals surface area contributed by atoms with Crippen molar-refractivity contribution in [3.63, 3.8) is 0 Å². The second-order valence-corrected chi connectivity index (χ2v) is 4.25. The molecule has 2 amide bonds. The second-order valence-electron chi connectivity index (χ2n) is 3.84. The molecule has 0 saturated carbocycles. The van der Waals surface area contributed by atoms with Crippen molar-refractivity contribution in [3.8, 4) is 5.75 Å². The lowest BCUT2D eigenvalue weighted by molar-refractivity contribution is -0.146. The predicted molar refractivity (Wildman–Crippen MR) is 71.9 cm³/mol. The number of carbonyl (C=O) groups excluding carboxylic acids is 1. The van der Waals surface area contributed by atoms with E-state index < -0.39 is 18.1 Å². The van der Waals surface area contributed by atoms with Crippen LogP contribution < -0.4 is 15.4 Å². The Morgan fingerprint density at radius 1 is 1.40 bits per heavy atom. The van der Waals surface area contributed by atoms with Crippen LogP contribution in [-0.2, 0) is 11.3 Å². The third kappa shape index (κ3) is 4.60. The van der Waals surface area contributed by atoms with Gasteiger partial charge in [-0.15, -0.1) is 0 Å². The Kier molecular flexibility index (Phi) is 6.08. The van der Waals surface area contributed by atoms with E-state index in [1.807, 2.05) is 0 Å². The first-order valence-electron chi connectivity index (χ1n) is 5.69. The van der Waals surface area contributed by atoms with Gasteiger partial charge in [0.15, 0.2) is 6.10 Å². The third-order valence-corrected chi connectivity index (χ3v) is 2.82. The molecule has 0 bridgehead atoms. The van der Waals surface area contributed by atoms with Crippen LogP contribution in [0.5, 0.6) is 5.75 Å². The molecule has 1 rings (SSSR count). The number of carboxylic acid groups (broad SMARTS) is 1. The molecule has 0 aliphatic rings. The maximum atomic E-state index is 11.4. The first kappa shape index (κ1) is 16.1. The van der Waals surface area contributed by atoms with Gasteiger partial charge in [0.2, 0.25) is 0 Å². The molecular weight excluding hydrogens is 288 g/mol. The molecule has 0 heterocycles. The molecule has 1 aromatic carbocycles. The number of methoxy groups -OCH3 is 1. The zero-order chi connectivity index (χ0) is 15.1. The molecule has 0 fully saturated rings. The van der Waals surface area contributed by atoms with Crippen molar-refractivity contribution < 1.29 is 24.5 Å². The van der Waals surface area contributed by atoms with E-state index in [1.165, 1.54) is 7.11 Å². The molecule has 0 aliphatic carbocycles. The Morgan fingerprint density at radius 2 is 2.10 bits per heavy atom. The lowest BCUT2D eigenvalue weighted by atomic mass is 10.2. The minimum absolute atomic E-state index is 0.109. The first-order valence-corrected chi connectivity index (χ1v) is 6.07. The second kappa shape index (κ2) is 7.56. The number of amides is 2. The lowest BCUT2D eigenvalue weighted by Crippen LogP contribution is -2.41.